The Morgan fingerprint density at radius 3 is 2.56 bits per heavy atom. The molecule has 1 aromatic carbocycles. The zero-order chi connectivity index (χ0) is 18.9. The van der Waals surface area contributed by atoms with Crippen LogP contribution in [0, 0.1) is 6.92 Å². The van der Waals surface area contributed by atoms with Crippen molar-refractivity contribution >= 4 is 11.5 Å². The Hall–Kier alpha value is -3.15. The minimum atomic E-state index is -0.0630. The Labute approximate surface area is 159 Å². The van der Waals surface area contributed by atoms with Crippen LogP contribution in [0.5, 0.6) is 0 Å². The summed E-state index contributed by atoms with van der Waals surface area (Å²) in [7, 11) is 0. The van der Waals surface area contributed by atoms with Crippen LogP contribution in [0.15, 0.2) is 65.8 Å². The highest BCUT2D eigenvalue weighted by Crippen LogP contribution is 2.05. The number of aryl methyl sites for hydroxylation is 1. The average molecular weight is 363 g/mol. The molecule has 0 aliphatic rings. The molecule has 0 spiro atoms. The maximum atomic E-state index is 12.7. The normalized spacial score (nSPS) is 10.6. The second kappa shape index (κ2) is 9.52. The molecule has 6 nitrogen and oxygen atoms in total. The maximum Gasteiger partial charge on any atom is 0.293 e. The van der Waals surface area contributed by atoms with Gasteiger partial charge in [-0.15, -0.1) is 0 Å². The molecule has 27 heavy (non-hydrogen) atoms. The molecule has 0 unspecified atom stereocenters. The number of nitrogens with one attached hydrogen (secondary N) is 2. The van der Waals surface area contributed by atoms with Crippen LogP contribution in [-0.4, -0.2) is 27.6 Å². The van der Waals surface area contributed by atoms with E-state index in [1.807, 2.05) is 37.3 Å². The molecule has 2 N–H and O–H groups in total. The Kier molecular flexibility index (Phi) is 6.57. The predicted octanol–water partition coefficient (Wildman–Crippen LogP) is 3.10. The number of nitrogens with zero attached hydrogens (tertiary/aromatic N) is 3. The van der Waals surface area contributed by atoms with Crippen molar-refractivity contribution in [3.8, 4) is 0 Å². The molecular formula is C21H25N5O. The van der Waals surface area contributed by atoms with Crippen molar-refractivity contribution in [2.24, 2.45) is 0 Å². The second-order valence-electron chi connectivity index (χ2n) is 6.38. The molecule has 2 aromatic heterocycles. The van der Waals surface area contributed by atoms with Crippen molar-refractivity contribution < 1.29 is 0 Å². The number of pyridine rings is 1. The van der Waals surface area contributed by atoms with Gasteiger partial charge in [0.2, 0.25) is 0 Å². The molecule has 0 bridgehead atoms. The average Bonchev–Trinajstić information content (AvgIpc) is 2.70. The topological polar surface area (TPSA) is 71.8 Å². The van der Waals surface area contributed by atoms with Gasteiger partial charge in [0.25, 0.3) is 5.56 Å². The van der Waals surface area contributed by atoms with E-state index in [9.17, 15) is 4.79 Å². The van der Waals surface area contributed by atoms with Gasteiger partial charge in [0.1, 0.15) is 0 Å². The minimum Gasteiger partial charge on any atom is -0.385 e. The number of rotatable bonds is 9. The third kappa shape index (κ3) is 5.41. The van der Waals surface area contributed by atoms with Crippen LogP contribution in [0.2, 0.25) is 0 Å². The molecule has 0 radical (unpaired) electrons. The first kappa shape index (κ1) is 18.6. The molecule has 140 valence electrons. The summed E-state index contributed by atoms with van der Waals surface area (Å²) in [5, 5.41) is 6.51. The van der Waals surface area contributed by atoms with Gasteiger partial charge in [-0.1, -0.05) is 30.3 Å². The maximum absolute atomic E-state index is 12.7. The highest BCUT2D eigenvalue weighted by atomic mass is 16.1. The van der Waals surface area contributed by atoms with E-state index in [-0.39, 0.29) is 5.56 Å². The monoisotopic (exact) mass is 363 g/mol. The van der Waals surface area contributed by atoms with Crippen molar-refractivity contribution in [1.29, 1.82) is 0 Å². The summed E-state index contributed by atoms with van der Waals surface area (Å²) in [6.45, 7) is 4.03. The highest BCUT2D eigenvalue weighted by Gasteiger charge is 2.07. The Balaban J connectivity index is 1.54. The van der Waals surface area contributed by atoms with E-state index in [4.69, 9.17) is 0 Å². The molecule has 3 rings (SSSR count). The van der Waals surface area contributed by atoms with Gasteiger partial charge in [0, 0.05) is 49.6 Å². The number of anilines is 2. The van der Waals surface area contributed by atoms with Gasteiger partial charge >= 0.3 is 0 Å². The standard InChI is InChI=1S/C21H25N5O/c1-17-16-25-20(24-14-8-18-6-3-2-4-7-18)21(27)26(17)15-5-11-23-19-9-12-22-13-10-19/h2-4,6-7,9-10,12-13,16H,5,8,11,14-15H2,1H3,(H,22,23)(H,24,25). The number of hydrogen-bond donors (Lipinski definition) is 2. The SMILES string of the molecule is Cc1cnc(NCCc2ccccc2)c(=O)n1CCCNc1ccncc1. The Morgan fingerprint density at radius 1 is 1.00 bits per heavy atom. The van der Waals surface area contributed by atoms with Gasteiger partial charge in [-0.2, -0.15) is 0 Å². The molecule has 2 heterocycles. The first-order chi connectivity index (χ1) is 13.2. The molecule has 0 saturated carbocycles. The molecule has 6 heteroatoms. The third-order valence-corrected chi connectivity index (χ3v) is 4.37. The van der Waals surface area contributed by atoms with Crippen LogP contribution in [0.3, 0.4) is 0 Å². The van der Waals surface area contributed by atoms with Crippen molar-refractivity contribution in [2.75, 3.05) is 23.7 Å². The van der Waals surface area contributed by atoms with Gasteiger partial charge in [0.15, 0.2) is 5.82 Å². The fourth-order valence-corrected chi connectivity index (χ4v) is 2.88. The van der Waals surface area contributed by atoms with Gasteiger partial charge in [-0.3, -0.25) is 9.78 Å². The molecule has 0 atom stereocenters. The quantitative estimate of drug-likeness (QED) is 0.572. The van der Waals surface area contributed by atoms with E-state index < -0.39 is 0 Å². The molecule has 0 fully saturated rings. The first-order valence-electron chi connectivity index (χ1n) is 9.22. The third-order valence-electron chi connectivity index (χ3n) is 4.37. The Bertz CT molecular complexity index is 893. The lowest BCUT2D eigenvalue weighted by Gasteiger charge is -2.13. The lowest BCUT2D eigenvalue weighted by molar-refractivity contribution is 0.617. The van der Waals surface area contributed by atoms with Crippen LogP contribution >= 0.6 is 0 Å². The molecule has 0 aliphatic heterocycles. The molecule has 0 saturated heterocycles. The van der Waals surface area contributed by atoms with E-state index in [1.54, 1.807) is 23.2 Å². The van der Waals surface area contributed by atoms with Crippen molar-refractivity contribution in [1.82, 2.24) is 14.5 Å². The summed E-state index contributed by atoms with van der Waals surface area (Å²) >= 11 is 0. The fourth-order valence-electron chi connectivity index (χ4n) is 2.88. The number of benzene rings is 1. The summed E-state index contributed by atoms with van der Waals surface area (Å²) in [4.78, 5) is 21.0. The van der Waals surface area contributed by atoms with Crippen LogP contribution in [0.1, 0.15) is 17.7 Å². The van der Waals surface area contributed by atoms with Crippen LogP contribution in [0.25, 0.3) is 0 Å². The summed E-state index contributed by atoms with van der Waals surface area (Å²) in [6.07, 6.45) is 6.96. The summed E-state index contributed by atoms with van der Waals surface area (Å²) < 4.78 is 1.78. The van der Waals surface area contributed by atoms with Crippen LogP contribution in [0.4, 0.5) is 11.5 Å². The van der Waals surface area contributed by atoms with E-state index in [2.05, 4.69) is 32.7 Å². The minimum absolute atomic E-state index is 0.0630. The van der Waals surface area contributed by atoms with Gasteiger partial charge in [0.05, 0.1) is 0 Å². The zero-order valence-corrected chi connectivity index (χ0v) is 15.6. The van der Waals surface area contributed by atoms with E-state index in [0.29, 0.717) is 18.9 Å². The molecule has 0 aliphatic carbocycles. The van der Waals surface area contributed by atoms with Crippen molar-refractivity contribution in [2.45, 2.75) is 26.3 Å². The zero-order valence-electron chi connectivity index (χ0n) is 15.6. The van der Waals surface area contributed by atoms with E-state index >= 15 is 0 Å². The lowest BCUT2D eigenvalue weighted by atomic mass is 10.1. The largest absolute Gasteiger partial charge is 0.385 e. The summed E-state index contributed by atoms with van der Waals surface area (Å²) in [5.41, 5.74) is 3.08. The molecule has 3 aromatic rings. The lowest BCUT2D eigenvalue weighted by Crippen LogP contribution is -2.28. The van der Waals surface area contributed by atoms with Crippen molar-refractivity contribution in [3.05, 3.63) is 82.7 Å². The van der Waals surface area contributed by atoms with E-state index in [1.165, 1.54) is 5.56 Å². The molecule has 0 amide bonds. The molecular weight excluding hydrogens is 338 g/mol. The Morgan fingerprint density at radius 2 is 1.78 bits per heavy atom. The van der Waals surface area contributed by atoms with Gasteiger partial charge in [-0.05, 0) is 37.5 Å². The number of hydrogen-bond acceptors (Lipinski definition) is 5. The summed E-state index contributed by atoms with van der Waals surface area (Å²) in [6, 6.07) is 14.1. The van der Waals surface area contributed by atoms with Crippen LogP contribution in [-0.2, 0) is 13.0 Å². The smallest absolute Gasteiger partial charge is 0.293 e. The fraction of sp³-hybridized carbons (Fsp3) is 0.286. The predicted molar refractivity (Wildman–Crippen MR) is 109 cm³/mol. The van der Waals surface area contributed by atoms with Gasteiger partial charge < -0.3 is 15.2 Å². The van der Waals surface area contributed by atoms with Gasteiger partial charge in [-0.25, -0.2) is 4.98 Å². The van der Waals surface area contributed by atoms with Crippen LogP contribution < -0.4 is 16.2 Å². The first-order valence-corrected chi connectivity index (χ1v) is 9.22. The van der Waals surface area contributed by atoms with Crippen molar-refractivity contribution in [3.63, 3.8) is 0 Å². The highest BCUT2D eigenvalue weighted by molar-refractivity contribution is 5.40. The number of aromatic nitrogens is 3. The second-order valence-corrected chi connectivity index (χ2v) is 6.38. The van der Waals surface area contributed by atoms with E-state index in [0.717, 1.165) is 30.8 Å². The summed E-state index contributed by atoms with van der Waals surface area (Å²) in [5.74, 6) is 0.415.